The Hall–Kier alpha value is -5.44. The fourth-order valence-electron chi connectivity index (χ4n) is 6.88. The van der Waals surface area contributed by atoms with Gasteiger partial charge in [0.1, 0.15) is 56.3 Å². The molecule has 0 bridgehead atoms. The van der Waals surface area contributed by atoms with Crippen LogP contribution in [0.5, 0.6) is 11.5 Å². The van der Waals surface area contributed by atoms with Crippen LogP contribution in [0.3, 0.4) is 0 Å². The Morgan fingerprint density at radius 1 is 0.800 bits per heavy atom. The largest absolute Gasteiger partial charge is 0.487 e. The van der Waals surface area contributed by atoms with Crippen LogP contribution < -0.4 is 25.4 Å². The third kappa shape index (κ3) is 14.8. The van der Waals surface area contributed by atoms with Crippen molar-refractivity contribution >= 4 is 41.2 Å². The van der Waals surface area contributed by atoms with Crippen LogP contribution in [-0.2, 0) is 67.2 Å². The number of nitrogens with zero attached hydrogens (tertiary/aromatic N) is 1. The molecule has 1 saturated heterocycles. The average molecular weight is 913 g/mol. The summed E-state index contributed by atoms with van der Waals surface area (Å²) in [5.74, 6) is -3.71. The minimum atomic E-state index is -1.39. The number of hydrogen-bond acceptors (Lipinski definition) is 15. The maximum atomic E-state index is 14.1. The molecule has 2 aromatic carbocycles. The number of benzene rings is 2. The highest BCUT2D eigenvalue weighted by molar-refractivity contribution is 6.15. The first-order chi connectivity index (χ1) is 30.7. The molecule has 2 heterocycles. The molecular formula is C46H64N4O15. The Kier molecular flexibility index (Phi) is 19.4. The molecule has 0 radical (unpaired) electrons. The number of imide groups is 1. The van der Waals surface area contributed by atoms with E-state index in [1.54, 1.807) is 71.0 Å². The van der Waals surface area contributed by atoms with E-state index in [4.69, 9.17) is 28.4 Å². The van der Waals surface area contributed by atoms with E-state index in [0.717, 1.165) is 17.1 Å². The van der Waals surface area contributed by atoms with Crippen LogP contribution in [0.15, 0.2) is 48.6 Å². The zero-order chi connectivity index (χ0) is 48.0. The van der Waals surface area contributed by atoms with E-state index in [2.05, 4.69) is 16.0 Å². The highest BCUT2D eigenvalue weighted by atomic mass is 16.6. The zero-order valence-electron chi connectivity index (χ0n) is 38.3. The molecule has 0 aromatic heterocycles. The van der Waals surface area contributed by atoms with Gasteiger partial charge in [0.2, 0.25) is 17.7 Å². The first-order valence-electron chi connectivity index (χ1n) is 21.5. The molecule has 7 atom stereocenters. The first kappa shape index (κ1) is 52.2. The van der Waals surface area contributed by atoms with Gasteiger partial charge >= 0.3 is 5.97 Å². The monoisotopic (exact) mass is 912 g/mol. The molecule has 0 saturated carbocycles. The van der Waals surface area contributed by atoms with Crippen LogP contribution in [0.4, 0.5) is 5.69 Å². The van der Waals surface area contributed by atoms with Crippen molar-refractivity contribution in [1.82, 2.24) is 15.5 Å². The van der Waals surface area contributed by atoms with E-state index < -0.39 is 89.4 Å². The molecule has 0 aliphatic carbocycles. The van der Waals surface area contributed by atoms with E-state index in [1.165, 1.54) is 21.1 Å². The minimum absolute atomic E-state index is 0.0812. The number of carbonyl (C=O) groups is 6. The zero-order valence-corrected chi connectivity index (χ0v) is 38.3. The highest BCUT2D eigenvalue weighted by Gasteiger charge is 2.39. The number of aryl methyl sites for hydroxylation is 1. The van der Waals surface area contributed by atoms with E-state index in [1.807, 2.05) is 0 Å². The number of aliphatic hydroxyl groups is 3. The second kappa shape index (κ2) is 24.2. The summed E-state index contributed by atoms with van der Waals surface area (Å²) in [7, 11) is 3.06. The van der Waals surface area contributed by atoms with Gasteiger partial charge in [0.15, 0.2) is 11.5 Å². The molecule has 0 spiro atoms. The molecule has 6 N–H and O–H groups in total. The number of ether oxygens (including phenoxy) is 6. The van der Waals surface area contributed by atoms with Gasteiger partial charge < -0.3 is 59.7 Å². The predicted octanol–water partition coefficient (Wildman–Crippen LogP) is 1.36. The van der Waals surface area contributed by atoms with Gasteiger partial charge in [0.05, 0.1) is 31.3 Å². The van der Waals surface area contributed by atoms with Crippen molar-refractivity contribution in [3.05, 3.63) is 65.2 Å². The van der Waals surface area contributed by atoms with Crippen LogP contribution in [0, 0.1) is 11.3 Å². The number of anilines is 1. The summed E-state index contributed by atoms with van der Waals surface area (Å²) in [6.45, 7) is 10.8. The molecule has 358 valence electrons. The van der Waals surface area contributed by atoms with Crippen molar-refractivity contribution in [1.29, 1.82) is 0 Å². The lowest BCUT2D eigenvalue weighted by atomic mass is 9.93. The van der Waals surface area contributed by atoms with Crippen molar-refractivity contribution in [3.8, 4) is 11.5 Å². The number of rotatable bonds is 23. The summed E-state index contributed by atoms with van der Waals surface area (Å²) in [5.41, 5.74) is 1.35. The quantitative estimate of drug-likeness (QED) is 0.0523. The molecule has 0 unspecified atom stereocenters. The molecule has 19 nitrogen and oxygen atoms in total. The minimum Gasteiger partial charge on any atom is -0.487 e. The molecule has 2 aliphatic heterocycles. The predicted molar refractivity (Wildman–Crippen MR) is 234 cm³/mol. The van der Waals surface area contributed by atoms with Gasteiger partial charge in [0, 0.05) is 38.5 Å². The number of nitrogens with one attached hydrogen (secondary N) is 3. The van der Waals surface area contributed by atoms with Gasteiger partial charge in [-0.25, -0.2) is 0 Å². The summed E-state index contributed by atoms with van der Waals surface area (Å²) < 4.78 is 33.0. The summed E-state index contributed by atoms with van der Waals surface area (Å²) in [4.78, 5) is 80.8. The lowest BCUT2D eigenvalue weighted by Gasteiger charge is -2.35. The second-order valence-corrected chi connectivity index (χ2v) is 17.3. The van der Waals surface area contributed by atoms with Crippen LogP contribution in [-0.4, -0.2) is 146 Å². The number of hydrogen-bond donors (Lipinski definition) is 6. The first-order valence-corrected chi connectivity index (χ1v) is 21.5. The lowest BCUT2D eigenvalue weighted by Crippen LogP contribution is -2.58. The smallest absolute Gasteiger partial charge is 0.311 e. The number of esters is 1. The van der Waals surface area contributed by atoms with Gasteiger partial charge in [-0.1, -0.05) is 26.0 Å². The molecule has 65 heavy (non-hydrogen) atoms. The van der Waals surface area contributed by atoms with Gasteiger partial charge in [-0.2, -0.15) is 0 Å². The van der Waals surface area contributed by atoms with Crippen molar-refractivity contribution in [2.75, 3.05) is 52.6 Å². The fourth-order valence-corrected chi connectivity index (χ4v) is 6.88. The average Bonchev–Trinajstić information content (AvgIpc) is 3.59. The van der Waals surface area contributed by atoms with Crippen molar-refractivity contribution in [2.45, 2.75) is 110 Å². The standard InChI is InChI=1S/C46H64N4O15/c1-26(2)39(49-43(57)32(50-37(52)15-16-38(50)53)21-28-9-13-34(62-19-17-60-7)36(22-28)63-20-18-61-8)44(58)47-27(3)42(56)48-31-12-10-30(24-65-45(59)46(4,5)6)29(23-31)11-14-35-41(55)40(54)33(51)25-64-35/h9-10,12-13,15-16,22-23,26-27,32-33,35,39-41,51,54-55H,11,14,17-21,24-25H2,1-8H3,(H,47,58)(H,48,56)(H,49,57)/t27-,32-,33+,35-,39-,40-,41-/m0/s1. The van der Waals surface area contributed by atoms with Gasteiger partial charge in [0.25, 0.3) is 11.8 Å². The van der Waals surface area contributed by atoms with Crippen LogP contribution in [0.25, 0.3) is 0 Å². The molecule has 1 fully saturated rings. The van der Waals surface area contributed by atoms with Gasteiger partial charge in [-0.05, 0) is 87.4 Å². The van der Waals surface area contributed by atoms with Crippen LogP contribution >= 0.6 is 0 Å². The number of methoxy groups -OCH3 is 2. The van der Waals surface area contributed by atoms with Gasteiger partial charge in [-0.3, -0.25) is 33.7 Å². The summed E-state index contributed by atoms with van der Waals surface area (Å²) >= 11 is 0. The van der Waals surface area contributed by atoms with Crippen LogP contribution in [0.1, 0.15) is 64.7 Å². The number of carbonyl (C=O) groups excluding carboxylic acids is 6. The van der Waals surface area contributed by atoms with E-state index in [-0.39, 0.29) is 52.3 Å². The summed E-state index contributed by atoms with van der Waals surface area (Å²) in [5, 5.41) is 38.7. The second-order valence-electron chi connectivity index (χ2n) is 17.3. The Labute approximate surface area is 379 Å². The molecular weight excluding hydrogens is 849 g/mol. The molecule has 19 heteroatoms. The van der Waals surface area contributed by atoms with Crippen molar-refractivity contribution < 1.29 is 72.5 Å². The Balaban J connectivity index is 1.49. The third-order valence-electron chi connectivity index (χ3n) is 10.7. The van der Waals surface area contributed by atoms with E-state index in [9.17, 15) is 44.1 Å². The summed E-state index contributed by atoms with van der Waals surface area (Å²) in [6, 6.07) is 6.17. The van der Waals surface area contributed by atoms with E-state index in [0.29, 0.717) is 40.5 Å². The maximum absolute atomic E-state index is 14.1. The fraction of sp³-hybridized carbons (Fsp3) is 0.565. The number of aliphatic hydroxyl groups excluding tert-OH is 3. The highest BCUT2D eigenvalue weighted by Crippen LogP contribution is 2.30. The lowest BCUT2D eigenvalue weighted by molar-refractivity contribution is -0.188. The Morgan fingerprint density at radius 2 is 1.45 bits per heavy atom. The van der Waals surface area contributed by atoms with Crippen LogP contribution in [0.2, 0.25) is 0 Å². The topological polar surface area (TPSA) is 258 Å². The van der Waals surface area contributed by atoms with Crippen molar-refractivity contribution in [3.63, 3.8) is 0 Å². The third-order valence-corrected chi connectivity index (χ3v) is 10.7. The molecule has 2 aliphatic rings. The SMILES string of the molecule is COCCOc1ccc(C[C@@H](C(=O)N[C@H](C(=O)N[C@@H](C)C(=O)Nc2ccc(COC(=O)C(C)(C)C)c(CC[C@@H]3OC[C@@H](O)[C@H](O)[C@H]3O)c2)C(C)C)N2C(=O)C=CC2=O)cc1OCCOC. The van der Waals surface area contributed by atoms with Crippen molar-refractivity contribution in [2.24, 2.45) is 11.3 Å². The maximum Gasteiger partial charge on any atom is 0.311 e. The normalized spacial score (nSPS) is 20.0. The number of amides is 5. The molecule has 4 rings (SSSR count). The summed E-state index contributed by atoms with van der Waals surface area (Å²) in [6.07, 6.45) is -2.30. The van der Waals surface area contributed by atoms with Gasteiger partial charge in [-0.15, -0.1) is 0 Å². The molecule has 5 amide bonds. The Bertz CT molecular complexity index is 2000. The Morgan fingerprint density at radius 3 is 2.06 bits per heavy atom. The molecule has 2 aromatic rings. The van der Waals surface area contributed by atoms with E-state index >= 15 is 0 Å².